The molecular formula is C17H27N3O. The highest BCUT2D eigenvalue weighted by Crippen LogP contribution is 2.19. The van der Waals surface area contributed by atoms with Crippen molar-refractivity contribution in [2.45, 2.75) is 33.1 Å². The van der Waals surface area contributed by atoms with Gasteiger partial charge in [-0.2, -0.15) is 0 Å². The third-order valence-electron chi connectivity index (χ3n) is 4.25. The number of nitrogens with two attached hydrogens (primary N) is 1. The van der Waals surface area contributed by atoms with Gasteiger partial charge in [-0.25, -0.2) is 0 Å². The Kier molecular flexibility index (Phi) is 5.48. The number of rotatable bonds is 4. The molecule has 0 spiro atoms. The molecule has 2 rings (SSSR count). The maximum atomic E-state index is 6.09. The van der Waals surface area contributed by atoms with Gasteiger partial charge in [-0.3, -0.25) is 4.99 Å². The molecule has 0 unspecified atom stereocenters. The molecule has 1 aromatic carbocycles. The van der Waals surface area contributed by atoms with Crippen molar-refractivity contribution < 1.29 is 4.74 Å². The first-order valence-electron chi connectivity index (χ1n) is 7.78. The third-order valence-corrected chi connectivity index (χ3v) is 4.25. The lowest BCUT2D eigenvalue weighted by molar-refractivity contribution is 0.277. The lowest BCUT2D eigenvalue weighted by Crippen LogP contribution is -2.42. The molecule has 0 amide bonds. The van der Waals surface area contributed by atoms with Gasteiger partial charge in [0.15, 0.2) is 5.96 Å². The van der Waals surface area contributed by atoms with Crippen molar-refractivity contribution in [3.63, 3.8) is 0 Å². The van der Waals surface area contributed by atoms with E-state index < -0.39 is 0 Å². The van der Waals surface area contributed by atoms with Crippen molar-refractivity contribution in [1.82, 2.24) is 4.90 Å². The molecular weight excluding hydrogens is 262 g/mol. The minimum atomic E-state index is 0.695. The van der Waals surface area contributed by atoms with Gasteiger partial charge in [0.1, 0.15) is 5.75 Å². The average Bonchev–Trinajstić information content (AvgIpc) is 2.49. The molecule has 0 aliphatic carbocycles. The summed E-state index contributed by atoms with van der Waals surface area (Å²) < 4.78 is 5.35. The number of ether oxygens (including phenoxy) is 1. The van der Waals surface area contributed by atoms with Crippen molar-refractivity contribution in [2.75, 3.05) is 26.7 Å². The van der Waals surface area contributed by atoms with E-state index in [0.29, 0.717) is 5.96 Å². The Bertz CT molecular complexity index is 491. The van der Waals surface area contributed by atoms with Crippen LogP contribution in [0.25, 0.3) is 0 Å². The predicted octanol–water partition coefficient (Wildman–Crippen LogP) is 2.59. The summed E-state index contributed by atoms with van der Waals surface area (Å²) in [5, 5.41) is 0. The Morgan fingerprint density at radius 2 is 2.10 bits per heavy atom. The maximum Gasteiger partial charge on any atom is 0.191 e. The summed E-state index contributed by atoms with van der Waals surface area (Å²) in [4.78, 5) is 6.73. The Morgan fingerprint density at radius 1 is 1.38 bits per heavy atom. The number of piperidine rings is 1. The van der Waals surface area contributed by atoms with Gasteiger partial charge in [0, 0.05) is 19.6 Å². The second kappa shape index (κ2) is 7.34. The van der Waals surface area contributed by atoms with E-state index in [1.807, 2.05) is 0 Å². The Balaban J connectivity index is 1.86. The molecule has 4 nitrogen and oxygen atoms in total. The fourth-order valence-electron chi connectivity index (χ4n) is 2.66. The molecule has 0 aromatic heterocycles. The largest absolute Gasteiger partial charge is 0.496 e. The minimum Gasteiger partial charge on any atom is -0.496 e. The molecule has 0 bridgehead atoms. The molecule has 1 aliphatic rings. The normalized spacial score (nSPS) is 17.1. The van der Waals surface area contributed by atoms with Crippen LogP contribution in [0.4, 0.5) is 0 Å². The zero-order valence-electron chi connectivity index (χ0n) is 13.4. The average molecular weight is 289 g/mol. The van der Waals surface area contributed by atoms with Crippen molar-refractivity contribution in [3.05, 3.63) is 29.3 Å². The fourth-order valence-corrected chi connectivity index (χ4v) is 2.66. The van der Waals surface area contributed by atoms with E-state index in [0.717, 1.165) is 43.3 Å². The second-order valence-corrected chi connectivity index (χ2v) is 5.96. The Morgan fingerprint density at radius 3 is 2.76 bits per heavy atom. The fraction of sp³-hybridized carbons (Fsp3) is 0.588. The third kappa shape index (κ3) is 4.38. The van der Waals surface area contributed by atoms with E-state index in [1.165, 1.54) is 18.4 Å². The summed E-state index contributed by atoms with van der Waals surface area (Å²) in [7, 11) is 1.71. The number of aryl methyl sites for hydroxylation is 1. The van der Waals surface area contributed by atoms with E-state index in [4.69, 9.17) is 10.5 Å². The summed E-state index contributed by atoms with van der Waals surface area (Å²) in [6.07, 6.45) is 3.32. The SMILES string of the molecule is COc1cc(CCN=C(N)N2CCC(C)CC2)ccc1C. The highest BCUT2D eigenvalue weighted by Gasteiger charge is 2.16. The number of hydrogen-bond donors (Lipinski definition) is 1. The number of guanidine groups is 1. The Hall–Kier alpha value is -1.71. The topological polar surface area (TPSA) is 50.9 Å². The molecule has 0 radical (unpaired) electrons. The van der Waals surface area contributed by atoms with Crippen LogP contribution in [-0.2, 0) is 6.42 Å². The van der Waals surface area contributed by atoms with Gasteiger partial charge < -0.3 is 15.4 Å². The van der Waals surface area contributed by atoms with E-state index in [-0.39, 0.29) is 0 Å². The second-order valence-electron chi connectivity index (χ2n) is 5.96. The summed E-state index contributed by atoms with van der Waals surface area (Å²) in [6, 6.07) is 6.31. The van der Waals surface area contributed by atoms with Gasteiger partial charge in [-0.05, 0) is 49.3 Å². The lowest BCUT2D eigenvalue weighted by Gasteiger charge is -2.31. The van der Waals surface area contributed by atoms with Gasteiger partial charge in [-0.1, -0.05) is 19.1 Å². The molecule has 1 saturated heterocycles. The van der Waals surface area contributed by atoms with Crippen LogP contribution >= 0.6 is 0 Å². The summed E-state index contributed by atoms with van der Waals surface area (Å²) in [5.74, 6) is 2.45. The van der Waals surface area contributed by atoms with Crippen LogP contribution in [0.2, 0.25) is 0 Å². The molecule has 0 saturated carbocycles. The highest BCUT2D eigenvalue weighted by molar-refractivity contribution is 5.78. The molecule has 2 N–H and O–H groups in total. The molecule has 1 heterocycles. The van der Waals surface area contributed by atoms with Crippen molar-refractivity contribution in [1.29, 1.82) is 0 Å². The molecule has 1 fully saturated rings. The van der Waals surface area contributed by atoms with Crippen LogP contribution in [0.3, 0.4) is 0 Å². The van der Waals surface area contributed by atoms with E-state index in [2.05, 4.69) is 41.9 Å². The smallest absolute Gasteiger partial charge is 0.191 e. The van der Waals surface area contributed by atoms with Gasteiger partial charge in [0.2, 0.25) is 0 Å². The van der Waals surface area contributed by atoms with Crippen LogP contribution in [0.1, 0.15) is 30.9 Å². The zero-order chi connectivity index (χ0) is 15.2. The predicted molar refractivity (Wildman–Crippen MR) is 87.9 cm³/mol. The van der Waals surface area contributed by atoms with Crippen molar-refractivity contribution in [3.8, 4) is 5.75 Å². The number of benzene rings is 1. The van der Waals surface area contributed by atoms with Crippen LogP contribution < -0.4 is 10.5 Å². The van der Waals surface area contributed by atoms with E-state index in [1.54, 1.807) is 7.11 Å². The summed E-state index contributed by atoms with van der Waals surface area (Å²) in [6.45, 7) is 7.15. The number of aliphatic imine (C=N–C) groups is 1. The molecule has 0 atom stereocenters. The van der Waals surface area contributed by atoms with Crippen LogP contribution in [-0.4, -0.2) is 37.6 Å². The highest BCUT2D eigenvalue weighted by atomic mass is 16.5. The van der Waals surface area contributed by atoms with Crippen LogP contribution in [0.15, 0.2) is 23.2 Å². The van der Waals surface area contributed by atoms with E-state index in [9.17, 15) is 0 Å². The number of methoxy groups -OCH3 is 1. The molecule has 4 heteroatoms. The quantitative estimate of drug-likeness (QED) is 0.684. The van der Waals surface area contributed by atoms with Gasteiger partial charge in [-0.15, -0.1) is 0 Å². The van der Waals surface area contributed by atoms with Gasteiger partial charge >= 0.3 is 0 Å². The zero-order valence-corrected chi connectivity index (χ0v) is 13.4. The van der Waals surface area contributed by atoms with Crippen LogP contribution in [0, 0.1) is 12.8 Å². The number of hydrogen-bond acceptors (Lipinski definition) is 2. The summed E-state index contributed by atoms with van der Waals surface area (Å²) >= 11 is 0. The Labute approximate surface area is 128 Å². The van der Waals surface area contributed by atoms with E-state index >= 15 is 0 Å². The molecule has 1 aliphatic heterocycles. The van der Waals surface area contributed by atoms with Gasteiger partial charge in [0.25, 0.3) is 0 Å². The molecule has 116 valence electrons. The number of nitrogens with zero attached hydrogens (tertiary/aromatic N) is 2. The minimum absolute atomic E-state index is 0.695. The van der Waals surface area contributed by atoms with Crippen molar-refractivity contribution >= 4 is 5.96 Å². The lowest BCUT2D eigenvalue weighted by atomic mass is 10.00. The first-order chi connectivity index (χ1) is 10.1. The molecule has 1 aromatic rings. The number of likely N-dealkylation sites (tertiary alicyclic amines) is 1. The van der Waals surface area contributed by atoms with Gasteiger partial charge in [0.05, 0.1) is 7.11 Å². The standard InChI is InChI=1S/C17H27N3O/c1-13-7-10-20(11-8-13)17(18)19-9-6-15-5-4-14(2)16(12-15)21-3/h4-5,12-13H,6-11H2,1-3H3,(H2,18,19). The maximum absolute atomic E-state index is 6.09. The first kappa shape index (κ1) is 15.7. The van der Waals surface area contributed by atoms with Crippen LogP contribution in [0.5, 0.6) is 5.75 Å². The van der Waals surface area contributed by atoms with Crippen molar-refractivity contribution in [2.24, 2.45) is 16.6 Å². The summed E-state index contributed by atoms with van der Waals surface area (Å²) in [5.41, 5.74) is 8.49. The monoisotopic (exact) mass is 289 g/mol. The molecule has 21 heavy (non-hydrogen) atoms. The first-order valence-corrected chi connectivity index (χ1v) is 7.78.